The van der Waals surface area contributed by atoms with Crippen LogP contribution >= 0.6 is 0 Å². The quantitative estimate of drug-likeness (QED) is 0.677. The topological polar surface area (TPSA) is 98.9 Å². The molecule has 7 heteroatoms. The fourth-order valence-electron chi connectivity index (χ4n) is 3.18. The molecule has 0 bridgehead atoms. The van der Waals surface area contributed by atoms with E-state index in [4.69, 9.17) is 9.47 Å². The van der Waals surface area contributed by atoms with Crippen LogP contribution in [0.4, 0.5) is 5.69 Å². The highest BCUT2D eigenvalue weighted by Gasteiger charge is 2.45. The van der Waals surface area contributed by atoms with E-state index in [-0.39, 0.29) is 18.1 Å². The zero-order chi connectivity index (χ0) is 16.4. The maximum Gasteiger partial charge on any atom is 0.269 e. The van der Waals surface area contributed by atoms with E-state index in [0.717, 1.165) is 19.3 Å². The molecule has 1 aromatic carbocycles. The number of nitrogens with zero attached hydrogens (tertiary/aromatic N) is 1. The molecule has 1 aliphatic carbocycles. The van der Waals surface area contributed by atoms with Gasteiger partial charge in [-0.05, 0) is 30.5 Å². The average molecular weight is 321 g/mol. The Morgan fingerprint density at radius 3 is 2.48 bits per heavy atom. The molecule has 1 spiro atoms. The molecule has 1 aliphatic heterocycles. The molecule has 1 aromatic rings. The Morgan fingerprint density at radius 2 is 1.87 bits per heavy atom. The van der Waals surface area contributed by atoms with Gasteiger partial charge in [0.2, 0.25) is 0 Å². The monoisotopic (exact) mass is 321 g/mol. The van der Waals surface area contributed by atoms with Gasteiger partial charge in [-0.2, -0.15) is 0 Å². The molecule has 2 aliphatic rings. The lowest BCUT2D eigenvalue weighted by Gasteiger charge is -2.43. The number of hydrogen-bond acceptors (Lipinski definition) is 6. The number of ether oxygens (including phenoxy) is 2. The van der Waals surface area contributed by atoms with Crippen LogP contribution in [0.5, 0.6) is 0 Å². The fraction of sp³-hybridized carbons (Fsp3) is 0.562. The summed E-state index contributed by atoms with van der Waals surface area (Å²) in [6.45, 7) is -0.0747. The van der Waals surface area contributed by atoms with Gasteiger partial charge in [-0.15, -0.1) is 0 Å². The Morgan fingerprint density at radius 1 is 1.22 bits per heavy atom. The fourth-order valence-corrected chi connectivity index (χ4v) is 3.18. The Balaban J connectivity index is 1.77. The lowest BCUT2D eigenvalue weighted by molar-refractivity contribution is -0.384. The van der Waals surface area contributed by atoms with Gasteiger partial charge in [-0.25, -0.2) is 0 Å². The molecule has 0 unspecified atom stereocenters. The second-order valence-electron chi connectivity index (χ2n) is 6.06. The summed E-state index contributed by atoms with van der Waals surface area (Å²) in [6.07, 6.45) is 2.31. The highest BCUT2D eigenvalue weighted by atomic mass is 16.7. The van der Waals surface area contributed by atoms with E-state index in [9.17, 15) is 20.0 Å². The number of carbonyl (C=O) groups is 1. The van der Waals surface area contributed by atoms with E-state index in [1.54, 1.807) is 0 Å². The molecule has 1 heterocycles. The number of benzene rings is 1. The highest BCUT2D eigenvalue weighted by Crippen LogP contribution is 2.38. The van der Waals surface area contributed by atoms with Crippen LogP contribution in [-0.2, 0) is 14.3 Å². The van der Waals surface area contributed by atoms with Gasteiger partial charge < -0.3 is 14.6 Å². The third kappa shape index (κ3) is 3.26. The number of nitro benzene ring substituents is 1. The number of aliphatic hydroxyl groups excluding tert-OH is 1. The summed E-state index contributed by atoms with van der Waals surface area (Å²) in [7, 11) is 0. The standard InChI is InChI=1S/C16H19NO6/c18-13-10-22-16(8-2-1-3-9-16)23-15(13)14(19)11-4-6-12(7-5-11)17(20)21/h4-7,14-15,19H,1-3,8-10H2/t14-,15+/m0/s1. The SMILES string of the molecule is O=C1COC2(CCCCC2)O[C@H]1[C@@H](O)c1ccc([N+](=O)[O-])cc1. The molecule has 1 saturated carbocycles. The van der Waals surface area contributed by atoms with Gasteiger partial charge in [-0.1, -0.05) is 6.42 Å². The minimum Gasteiger partial charge on any atom is -0.385 e. The molecule has 23 heavy (non-hydrogen) atoms. The van der Waals surface area contributed by atoms with Crippen LogP contribution in [-0.4, -0.2) is 34.3 Å². The van der Waals surface area contributed by atoms with Gasteiger partial charge in [0, 0.05) is 25.0 Å². The van der Waals surface area contributed by atoms with Crippen molar-refractivity contribution in [3.8, 4) is 0 Å². The number of aliphatic hydroxyl groups is 1. The van der Waals surface area contributed by atoms with E-state index >= 15 is 0 Å². The first-order chi connectivity index (χ1) is 11.0. The van der Waals surface area contributed by atoms with Crippen molar-refractivity contribution in [1.29, 1.82) is 0 Å². The number of ketones is 1. The molecule has 3 rings (SSSR count). The number of hydrogen-bond donors (Lipinski definition) is 1. The van der Waals surface area contributed by atoms with Crippen molar-refractivity contribution in [1.82, 2.24) is 0 Å². The first-order valence-electron chi connectivity index (χ1n) is 7.78. The third-order valence-corrected chi connectivity index (χ3v) is 4.48. The van der Waals surface area contributed by atoms with Crippen molar-refractivity contribution in [3.05, 3.63) is 39.9 Å². The van der Waals surface area contributed by atoms with Crippen LogP contribution in [0.25, 0.3) is 0 Å². The van der Waals surface area contributed by atoms with Crippen molar-refractivity contribution in [2.75, 3.05) is 6.61 Å². The Hall–Kier alpha value is -1.83. The number of Topliss-reactive ketones (excluding diaryl/α,β-unsaturated/α-hetero) is 1. The first kappa shape index (κ1) is 16.0. The summed E-state index contributed by atoms with van der Waals surface area (Å²) in [6, 6.07) is 5.50. The van der Waals surface area contributed by atoms with Gasteiger partial charge in [0.25, 0.3) is 5.69 Å². The van der Waals surface area contributed by atoms with Crippen molar-refractivity contribution < 1.29 is 24.3 Å². The van der Waals surface area contributed by atoms with Crippen LogP contribution in [0.15, 0.2) is 24.3 Å². The van der Waals surface area contributed by atoms with Crippen LogP contribution in [0.3, 0.4) is 0 Å². The van der Waals surface area contributed by atoms with Crippen LogP contribution in [0.2, 0.25) is 0 Å². The first-order valence-corrected chi connectivity index (χ1v) is 7.78. The van der Waals surface area contributed by atoms with Gasteiger partial charge in [-0.3, -0.25) is 14.9 Å². The van der Waals surface area contributed by atoms with Gasteiger partial charge in [0.15, 0.2) is 17.7 Å². The summed E-state index contributed by atoms with van der Waals surface area (Å²) in [5.41, 5.74) is 0.353. The number of non-ortho nitro benzene ring substituents is 1. The van der Waals surface area contributed by atoms with Crippen molar-refractivity contribution in [3.63, 3.8) is 0 Å². The molecular formula is C16H19NO6. The molecule has 2 fully saturated rings. The summed E-state index contributed by atoms with van der Waals surface area (Å²) in [4.78, 5) is 22.3. The van der Waals surface area contributed by atoms with Crippen LogP contribution in [0.1, 0.15) is 43.8 Å². The predicted molar refractivity (Wildman–Crippen MR) is 79.7 cm³/mol. The molecule has 7 nitrogen and oxygen atoms in total. The van der Waals surface area contributed by atoms with Crippen molar-refractivity contribution in [2.24, 2.45) is 0 Å². The highest BCUT2D eigenvalue weighted by molar-refractivity contribution is 5.85. The van der Waals surface area contributed by atoms with E-state index in [1.165, 1.54) is 24.3 Å². The maximum atomic E-state index is 12.1. The van der Waals surface area contributed by atoms with E-state index < -0.39 is 22.9 Å². The maximum absolute atomic E-state index is 12.1. The number of nitro groups is 1. The zero-order valence-electron chi connectivity index (χ0n) is 12.6. The molecule has 0 radical (unpaired) electrons. The second kappa shape index (κ2) is 6.35. The molecule has 1 saturated heterocycles. The Bertz CT molecular complexity index is 593. The number of carbonyl (C=O) groups excluding carboxylic acids is 1. The van der Waals surface area contributed by atoms with Gasteiger partial charge in [0.1, 0.15) is 12.7 Å². The van der Waals surface area contributed by atoms with E-state index in [0.29, 0.717) is 18.4 Å². The summed E-state index contributed by atoms with van der Waals surface area (Å²) < 4.78 is 11.5. The van der Waals surface area contributed by atoms with Gasteiger partial charge >= 0.3 is 0 Å². The molecule has 0 aromatic heterocycles. The zero-order valence-corrected chi connectivity index (χ0v) is 12.6. The smallest absolute Gasteiger partial charge is 0.269 e. The Kier molecular flexibility index (Phi) is 4.43. The summed E-state index contributed by atoms with van der Waals surface area (Å²) in [5.74, 6) is -1.09. The van der Waals surface area contributed by atoms with E-state index in [1.807, 2.05) is 0 Å². The van der Waals surface area contributed by atoms with Gasteiger partial charge in [0.05, 0.1) is 4.92 Å². The molecule has 1 N–H and O–H groups in total. The average Bonchev–Trinajstić information content (AvgIpc) is 2.57. The lowest BCUT2D eigenvalue weighted by Crippen LogP contribution is -2.52. The lowest BCUT2D eigenvalue weighted by atomic mass is 9.91. The summed E-state index contributed by atoms with van der Waals surface area (Å²) >= 11 is 0. The minimum atomic E-state index is -1.16. The van der Waals surface area contributed by atoms with E-state index in [2.05, 4.69) is 0 Å². The van der Waals surface area contributed by atoms with Crippen molar-refractivity contribution in [2.45, 2.75) is 50.1 Å². The largest absolute Gasteiger partial charge is 0.385 e. The minimum absolute atomic E-state index is 0.0658. The van der Waals surface area contributed by atoms with Crippen molar-refractivity contribution >= 4 is 11.5 Å². The summed E-state index contributed by atoms with van der Waals surface area (Å²) in [5, 5.41) is 21.2. The van der Waals surface area contributed by atoms with Crippen LogP contribution in [0, 0.1) is 10.1 Å². The molecule has 2 atom stereocenters. The molecule has 0 amide bonds. The third-order valence-electron chi connectivity index (χ3n) is 4.48. The molecular weight excluding hydrogens is 302 g/mol. The predicted octanol–water partition coefficient (Wildman–Crippen LogP) is 2.27. The Labute approximate surface area is 133 Å². The number of rotatable bonds is 3. The second-order valence-corrected chi connectivity index (χ2v) is 6.06. The normalized spacial score (nSPS) is 25.3. The van der Waals surface area contributed by atoms with Crippen LogP contribution < -0.4 is 0 Å². The molecule has 124 valence electrons.